The summed E-state index contributed by atoms with van der Waals surface area (Å²) in [4.78, 5) is 21.6. The molecular formula is C10H25O6P. The van der Waals surface area contributed by atoms with Crippen LogP contribution < -0.4 is 0 Å². The highest BCUT2D eigenvalue weighted by Gasteiger charge is 2.00. The first kappa shape index (κ1) is 19.4. The fourth-order valence-electron chi connectivity index (χ4n) is 1.28. The number of phosphoric acid groups is 1. The summed E-state index contributed by atoms with van der Waals surface area (Å²) in [6.45, 7) is 0.676. The minimum atomic E-state index is -4.64. The molecule has 0 atom stereocenters. The molecule has 0 rings (SSSR count). The molecule has 0 amide bonds. The van der Waals surface area contributed by atoms with Crippen molar-refractivity contribution in [3.8, 4) is 0 Å². The Kier molecular flexibility index (Phi) is 16.1. The number of unbranched alkanes of at least 4 members (excludes halogenated alkanes) is 7. The molecule has 0 heterocycles. The summed E-state index contributed by atoms with van der Waals surface area (Å²) < 4.78 is 8.88. The maximum absolute atomic E-state index is 8.88. The third-order valence-corrected chi connectivity index (χ3v) is 2.07. The normalized spacial score (nSPS) is 10.9. The van der Waals surface area contributed by atoms with Gasteiger partial charge in [0.2, 0.25) is 0 Å². The van der Waals surface area contributed by atoms with Gasteiger partial charge in [-0.05, 0) is 12.8 Å². The molecule has 0 aliphatic carbocycles. The van der Waals surface area contributed by atoms with E-state index in [1.807, 2.05) is 0 Å². The van der Waals surface area contributed by atoms with Gasteiger partial charge in [0.1, 0.15) is 0 Å². The summed E-state index contributed by atoms with van der Waals surface area (Å²) in [5.41, 5.74) is 0. The first-order chi connectivity index (χ1) is 7.91. The lowest BCUT2D eigenvalue weighted by molar-refractivity contribution is 0.275. The summed E-state index contributed by atoms with van der Waals surface area (Å²) in [6.07, 6.45) is 9.30. The van der Waals surface area contributed by atoms with E-state index in [0.29, 0.717) is 13.2 Å². The average Bonchev–Trinajstić information content (AvgIpc) is 2.20. The van der Waals surface area contributed by atoms with Gasteiger partial charge in [0.15, 0.2) is 0 Å². The second kappa shape index (κ2) is 14.1. The molecular weight excluding hydrogens is 247 g/mol. The predicted octanol–water partition coefficient (Wildman–Crippen LogP) is 1.16. The van der Waals surface area contributed by atoms with Gasteiger partial charge in [-0.25, -0.2) is 4.57 Å². The fraction of sp³-hybridized carbons (Fsp3) is 1.00. The number of aliphatic hydroxyl groups excluding tert-OH is 2. The van der Waals surface area contributed by atoms with Crippen molar-refractivity contribution < 1.29 is 29.5 Å². The van der Waals surface area contributed by atoms with E-state index < -0.39 is 7.82 Å². The molecule has 0 aromatic rings. The lowest BCUT2D eigenvalue weighted by Crippen LogP contribution is -1.85. The van der Waals surface area contributed by atoms with E-state index in [1.165, 1.54) is 25.7 Å². The van der Waals surface area contributed by atoms with Crippen molar-refractivity contribution in [1.29, 1.82) is 0 Å². The zero-order valence-electron chi connectivity index (χ0n) is 10.2. The van der Waals surface area contributed by atoms with Gasteiger partial charge in [-0.15, -0.1) is 0 Å². The van der Waals surface area contributed by atoms with E-state index in [1.54, 1.807) is 0 Å². The fourth-order valence-corrected chi connectivity index (χ4v) is 1.28. The second-order valence-electron chi connectivity index (χ2n) is 3.79. The van der Waals surface area contributed by atoms with Crippen LogP contribution >= 0.6 is 7.82 Å². The predicted molar refractivity (Wildman–Crippen MR) is 65.4 cm³/mol. The van der Waals surface area contributed by atoms with Crippen molar-refractivity contribution in [2.24, 2.45) is 0 Å². The van der Waals surface area contributed by atoms with E-state index in [-0.39, 0.29) is 0 Å². The molecule has 0 aromatic carbocycles. The largest absolute Gasteiger partial charge is 0.466 e. The van der Waals surface area contributed by atoms with Crippen LogP contribution in [0.5, 0.6) is 0 Å². The number of hydrogen-bond acceptors (Lipinski definition) is 3. The Morgan fingerprint density at radius 3 is 0.941 bits per heavy atom. The smallest absolute Gasteiger partial charge is 0.396 e. The van der Waals surface area contributed by atoms with Crippen LogP contribution in [-0.4, -0.2) is 38.1 Å². The Bertz CT molecular complexity index is 163. The summed E-state index contributed by atoms with van der Waals surface area (Å²) in [5, 5.41) is 17.0. The van der Waals surface area contributed by atoms with Crippen LogP contribution in [0, 0.1) is 0 Å². The molecule has 0 saturated heterocycles. The second-order valence-corrected chi connectivity index (χ2v) is 4.82. The summed E-state index contributed by atoms with van der Waals surface area (Å²) in [5.74, 6) is 0. The van der Waals surface area contributed by atoms with Crippen molar-refractivity contribution in [2.45, 2.75) is 51.4 Å². The van der Waals surface area contributed by atoms with Crippen LogP contribution in [0.25, 0.3) is 0 Å². The van der Waals surface area contributed by atoms with Gasteiger partial charge in [-0.3, -0.25) is 0 Å². The third kappa shape index (κ3) is 38.7. The lowest BCUT2D eigenvalue weighted by atomic mass is 10.1. The van der Waals surface area contributed by atoms with Gasteiger partial charge in [0.05, 0.1) is 0 Å². The van der Waals surface area contributed by atoms with Crippen LogP contribution in [-0.2, 0) is 4.57 Å². The highest BCUT2D eigenvalue weighted by atomic mass is 31.2. The first-order valence-corrected chi connectivity index (χ1v) is 7.48. The summed E-state index contributed by atoms with van der Waals surface area (Å²) >= 11 is 0. The Hall–Kier alpha value is 0.0300. The summed E-state index contributed by atoms with van der Waals surface area (Å²) in [6, 6.07) is 0. The highest BCUT2D eigenvalue weighted by molar-refractivity contribution is 7.45. The van der Waals surface area contributed by atoms with E-state index in [0.717, 1.165) is 25.7 Å². The van der Waals surface area contributed by atoms with Crippen LogP contribution in [0.1, 0.15) is 51.4 Å². The van der Waals surface area contributed by atoms with Gasteiger partial charge >= 0.3 is 7.82 Å². The molecule has 0 aliphatic heterocycles. The van der Waals surface area contributed by atoms with Gasteiger partial charge in [0, 0.05) is 13.2 Å². The lowest BCUT2D eigenvalue weighted by Gasteiger charge is -1.99. The van der Waals surface area contributed by atoms with E-state index in [2.05, 4.69) is 0 Å². The standard InChI is InChI=1S/C10H22O2.H3O4P/c11-9-7-5-3-1-2-4-6-8-10-12;1-5(2,3)4/h11-12H,1-10H2;(H3,1,2,3,4). The third-order valence-electron chi connectivity index (χ3n) is 2.07. The van der Waals surface area contributed by atoms with Crippen molar-refractivity contribution in [3.05, 3.63) is 0 Å². The zero-order valence-corrected chi connectivity index (χ0v) is 11.1. The van der Waals surface area contributed by atoms with Gasteiger partial charge < -0.3 is 24.9 Å². The quantitative estimate of drug-likeness (QED) is 0.317. The molecule has 0 saturated carbocycles. The minimum absolute atomic E-state index is 0.338. The average molecular weight is 272 g/mol. The molecule has 0 spiro atoms. The molecule has 6 nitrogen and oxygen atoms in total. The molecule has 0 bridgehead atoms. The first-order valence-electron chi connectivity index (χ1n) is 5.92. The monoisotopic (exact) mass is 272 g/mol. The Morgan fingerprint density at radius 1 is 0.588 bits per heavy atom. The minimum Gasteiger partial charge on any atom is -0.396 e. The van der Waals surface area contributed by atoms with Crippen LogP contribution in [0.2, 0.25) is 0 Å². The van der Waals surface area contributed by atoms with Crippen molar-refractivity contribution in [3.63, 3.8) is 0 Å². The molecule has 106 valence electrons. The van der Waals surface area contributed by atoms with E-state index in [9.17, 15) is 0 Å². The Balaban J connectivity index is 0. The summed E-state index contributed by atoms with van der Waals surface area (Å²) in [7, 11) is -4.64. The maximum atomic E-state index is 8.88. The van der Waals surface area contributed by atoms with Crippen molar-refractivity contribution in [1.82, 2.24) is 0 Å². The maximum Gasteiger partial charge on any atom is 0.466 e. The molecule has 5 N–H and O–H groups in total. The van der Waals surface area contributed by atoms with Gasteiger partial charge in [-0.2, -0.15) is 0 Å². The Morgan fingerprint density at radius 2 is 0.765 bits per heavy atom. The highest BCUT2D eigenvalue weighted by Crippen LogP contribution is 2.25. The SMILES string of the molecule is O=P(O)(O)O.OCCCCCCCCCCO. The molecule has 0 radical (unpaired) electrons. The topological polar surface area (TPSA) is 118 Å². The molecule has 0 aromatic heterocycles. The van der Waals surface area contributed by atoms with Crippen LogP contribution in [0.3, 0.4) is 0 Å². The van der Waals surface area contributed by atoms with Gasteiger partial charge in [-0.1, -0.05) is 38.5 Å². The molecule has 0 unspecified atom stereocenters. The van der Waals surface area contributed by atoms with Gasteiger partial charge in [0.25, 0.3) is 0 Å². The Labute approximate surface area is 103 Å². The van der Waals surface area contributed by atoms with Crippen LogP contribution in [0.15, 0.2) is 0 Å². The molecule has 17 heavy (non-hydrogen) atoms. The van der Waals surface area contributed by atoms with E-state index >= 15 is 0 Å². The molecule has 7 heteroatoms. The number of aliphatic hydroxyl groups is 2. The van der Waals surface area contributed by atoms with Crippen molar-refractivity contribution in [2.75, 3.05) is 13.2 Å². The zero-order chi connectivity index (χ0) is 13.6. The molecule has 0 aliphatic rings. The molecule has 0 fully saturated rings. The van der Waals surface area contributed by atoms with E-state index in [4.69, 9.17) is 29.5 Å². The van der Waals surface area contributed by atoms with Crippen molar-refractivity contribution >= 4 is 7.82 Å². The number of rotatable bonds is 9. The number of hydrogen-bond donors (Lipinski definition) is 5. The van der Waals surface area contributed by atoms with Crippen LogP contribution in [0.4, 0.5) is 0 Å².